The van der Waals surface area contributed by atoms with E-state index in [0.717, 1.165) is 10.2 Å². The first-order chi connectivity index (χ1) is 21.4. The molecule has 1 atom stereocenters. The average Bonchev–Trinajstić information content (AvgIpc) is 3.52. The quantitative estimate of drug-likeness (QED) is 0.222. The lowest BCUT2D eigenvalue weighted by Crippen LogP contribution is -2.34. The van der Waals surface area contributed by atoms with Gasteiger partial charge in [-0.25, -0.2) is 14.5 Å². The summed E-state index contributed by atoms with van der Waals surface area (Å²) >= 11 is 6.24. The van der Waals surface area contributed by atoms with E-state index >= 15 is 0 Å². The monoisotopic (exact) mass is 638 g/mol. The molecule has 230 valence electrons. The number of halogens is 4. The highest BCUT2D eigenvalue weighted by molar-refractivity contribution is 6.31. The molecular weight excluding hydrogens is 617 g/mol. The standard InChI is InChI=1S/C30H22ClF3N6O5/c1-45-25-15-39(24(11-17-5-3-2-4-6-17)28(42)36-19-8-9-22(29(43)44)35-14-19)27(41)13-21(25)20-12-18(31)7-10-23(20)40-16-26(37-38-40)30(32,33)34/h2-10,12-16,24H,11H2,1H3,(H,36,42)(H,43,44). The van der Waals surface area contributed by atoms with Crippen molar-refractivity contribution in [1.29, 1.82) is 0 Å². The molecule has 0 aliphatic heterocycles. The summed E-state index contributed by atoms with van der Waals surface area (Å²) in [6.07, 6.45) is -1.44. The molecular formula is C30H22ClF3N6O5. The van der Waals surface area contributed by atoms with Crippen molar-refractivity contribution in [3.05, 3.63) is 118 Å². The molecule has 0 spiro atoms. The minimum atomic E-state index is -4.73. The zero-order chi connectivity index (χ0) is 32.3. The van der Waals surface area contributed by atoms with Crippen molar-refractivity contribution in [1.82, 2.24) is 24.5 Å². The van der Waals surface area contributed by atoms with Gasteiger partial charge in [0.05, 0.1) is 37.1 Å². The maximum atomic E-state index is 13.7. The number of methoxy groups -OCH3 is 1. The highest BCUT2D eigenvalue weighted by Gasteiger charge is 2.35. The second-order valence-electron chi connectivity index (χ2n) is 9.64. The number of carbonyl (C=O) groups is 2. The van der Waals surface area contributed by atoms with E-state index in [2.05, 4.69) is 20.6 Å². The number of nitrogens with one attached hydrogen (secondary N) is 1. The molecule has 2 N–H and O–H groups in total. The second kappa shape index (κ2) is 12.6. The van der Waals surface area contributed by atoms with Gasteiger partial charge in [0.15, 0.2) is 5.69 Å². The predicted molar refractivity (Wildman–Crippen MR) is 157 cm³/mol. The summed E-state index contributed by atoms with van der Waals surface area (Å²) in [7, 11) is 1.33. The fourth-order valence-corrected chi connectivity index (χ4v) is 4.73. The van der Waals surface area contributed by atoms with Gasteiger partial charge in [-0.05, 0) is 35.9 Å². The molecule has 0 saturated carbocycles. The van der Waals surface area contributed by atoms with Gasteiger partial charge in [-0.1, -0.05) is 47.1 Å². The highest BCUT2D eigenvalue weighted by atomic mass is 35.5. The molecule has 2 aromatic carbocycles. The normalized spacial score (nSPS) is 12.0. The van der Waals surface area contributed by atoms with E-state index in [1.807, 2.05) is 0 Å². The third-order valence-corrected chi connectivity index (χ3v) is 6.94. The molecule has 0 saturated heterocycles. The van der Waals surface area contributed by atoms with E-state index in [-0.39, 0.29) is 45.4 Å². The van der Waals surface area contributed by atoms with Gasteiger partial charge in [-0.2, -0.15) is 13.2 Å². The van der Waals surface area contributed by atoms with Crippen molar-refractivity contribution in [2.75, 3.05) is 12.4 Å². The third-order valence-electron chi connectivity index (χ3n) is 6.70. The van der Waals surface area contributed by atoms with Crippen molar-refractivity contribution >= 4 is 29.2 Å². The van der Waals surface area contributed by atoms with Crippen LogP contribution in [0.25, 0.3) is 16.8 Å². The smallest absolute Gasteiger partial charge is 0.436 e. The Morgan fingerprint density at radius 3 is 2.42 bits per heavy atom. The number of anilines is 1. The van der Waals surface area contributed by atoms with E-state index in [0.29, 0.717) is 6.20 Å². The first-order valence-electron chi connectivity index (χ1n) is 13.1. The highest BCUT2D eigenvalue weighted by Crippen LogP contribution is 2.36. The van der Waals surface area contributed by atoms with Crippen LogP contribution < -0.4 is 15.6 Å². The summed E-state index contributed by atoms with van der Waals surface area (Å²) in [6, 6.07) is 15.9. The number of benzene rings is 2. The van der Waals surface area contributed by atoms with Crippen LogP contribution >= 0.6 is 11.6 Å². The second-order valence-corrected chi connectivity index (χ2v) is 10.1. The Kier molecular flexibility index (Phi) is 8.68. The number of ether oxygens (including phenoxy) is 1. The molecule has 5 rings (SSSR count). The van der Waals surface area contributed by atoms with E-state index in [1.54, 1.807) is 30.3 Å². The fraction of sp³-hybridized carbons (Fsp3) is 0.133. The van der Waals surface area contributed by atoms with Gasteiger partial charge in [0.2, 0.25) is 5.91 Å². The molecule has 0 radical (unpaired) electrons. The summed E-state index contributed by atoms with van der Waals surface area (Å²) < 4.78 is 47.4. The minimum absolute atomic E-state index is 0.0807. The number of carboxylic acid groups (broad SMARTS) is 1. The summed E-state index contributed by atoms with van der Waals surface area (Å²) in [5.41, 5.74) is -0.608. The number of hydrogen-bond donors (Lipinski definition) is 2. The summed E-state index contributed by atoms with van der Waals surface area (Å²) in [4.78, 5) is 42.3. The first-order valence-corrected chi connectivity index (χ1v) is 13.5. The van der Waals surface area contributed by atoms with Crippen LogP contribution in [0.1, 0.15) is 27.8 Å². The third kappa shape index (κ3) is 6.86. The summed E-state index contributed by atoms with van der Waals surface area (Å²) in [5.74, 6) is -1.74. The minimum Gasteiger partial charge on any atom is -0.495 e. The molecule has 15 heteroatoms. The molecule has 45 heavy (non-hydrogen) atoms. The van der Waals surface area contributed by atoms with Gasteiger partial charge in [0.1, 0.15) is 17.5 Å². The molecule has 0 aliphatic rings. The molecule has 0 aliphatic carbocycles. The van der Waals surface area contributed by atoms with Gasteiger partial charge >= 0.3 is 12.1 Å². The molecule has 11 nitrogen and oxygen atoms in total. The predicted octanol–water partition coefficient (Wildman–Crippen LogP) is 5.29. The molecule has 1 amide bonds. The van der Waals surface area contributed by atoms with Crippen molar-refractivity contribution in [2.24, 2.45) is 0 Å². The number of rotatable bonds is 9. The zero-order valence-electron chi connectivity index (χ0n) is 23.2. The Bertz CT molecular complexity index is 1930. The Morgan fingerprint density at radius 2 is 1.80 bits per heavy atom. The Labute approximate surface area is 257 Å². The van der Waals surface area contributed by atoms with Gasteiger partial charge in [0, 0.05) is 28.6 Å². The van der Waals surface area contributed by atoms with Crippen LogP contribution in [0.3, 0.4) is 0 Å². The van der Waals surface area contributed by atoms with Crippen LogP contribution in [-0.4, -0.2) is 48.6 Å². The van der Waals surface area contributed by atoms with E-state index in [1.165, 1.54) is 60.5 Å². The van der Waals surface area contributed by atoms with Gasteiger partial charge < -0.3 is 15.2 Å². The van der Waals surface area contributed by atoms with Crippen molar-refractivity contribution in [3.8, 4) is 22.6 Å². The number of hydrogen-bond acceptors (Lipinski definition) is 7. The SMILES string of the molecule is COc1cn(C(Cc2ccccc2)C(=O)Nc2ccc(C(=O)O)nc2)c(=O)cc1-c1cc(Cl)ccc1-n1cc(C(F)(F)F)nn1. The number of carbonyl (C=O) groups excluding carboxylic acids is 1. The number of nitrogens with zero attached hydrogens (tertiary/aromatic N) is 5. The van der Waals surface area contributed by atoms with Crippen molar-refractivity contribution in [2.45, 2.75) is 18.6 Å². The first kappa shape index (κ1) is 30.9. The van der Waals surface area contributed by atoms with Crippen LogP contribution in [-0.2, 0) is 17.4 Å². The van der Waals surface area contributed by atoms with Crippen molar-refractivity contribution < 1.29 is 32.6 Å². The van der Waals surface area contributed by atoms with Crippen LogP contribution in [0.2, 0.25) is 5.02 Å². The van der Waals surface area contributed by atoms with Crippen molar-refractivity contribution in [3.63, 3.8) is 0 Å². The molecule has 5 aromatic rings. The molecule has 1 unspecified atom stereocenters. The van der Waals surface area contributed by atoms with Crippen LogP contribution in [0.5, 0.6) is 5.75 Å². The maximum Gasteiger partial charge on any atom is 0.436 e. The maximum absolute atomic E-state index is 13.7. The van der Waals surface area contributed by atoms with E-state index in [4.69, 9.17) is 21.4 Å². The van der Waals surface area contributed by atoms with E-state index < -0.39 is 35.3 Å². The summed E-state index contributed by atoms with van der Waals surface area (Å²) in [5, 5.41) is 18.8. The lowest BCUT2D eigenvalue weighted by Gasteiger charge is -2.22. The fourth-order valence-electron chi connectivity index (χ4n) is 4.56. The lowest BCUT2D eigenvalue weighted by molar-refractivity contribution is -0.141. The van der Waals surface area contributed by atoms with Gasteiger partial charge in [-0.3, -0.25) is 14.2 Å². The van der Waals surface area contributed by atoms with Crippen LogP contribution in [0, 0.1) is 0 Å². The Morgan fingerprint density at radius 1 is 1.04 bits per heavy atom. The number of alkyl halides is 3. The molecule has 0 bridgehead atoms. The number of amides is 1. The molecule has 3 aromatic heterocycles. The summed E-state index contributed by atoms with van der Waals surface area (Å²) in [6.45, 7) is 0. The number of aromatic nitrogens is 5. The topological polar surface area (TPSA) is 141 Å². The average molecular weight is 639 g/mol. The largest absolute Gasteiger partial charge is 0.495 e. The van der Waals surface area contributed by atoms with Crippen LogP contribution in [0.15, 0.2) is 90.1 Å². The van der Waals surface area contributed by atoms with E-state index in [9.17, 15) is 27.6 Å². The Balaban J connectivity index is 1.58. The van der Waals surface area contributed by atoms with Gasteiger partial charge in [-0.15, -0.1) is 5.10 Å². The molecule has 3 heterocycles. The molecule has 0 fully saturated rings. The Hall–Kier alpha value is -5.50. The number of pyridine rings is 2. The van der Waals surface area contributed by atoms with Gasteiger partial charge in [0.25, 0.3) is 5.56 Å². The zero-order valence-corrected chi connectivity index (χ0v) is 24.0. The number of aromatic carboxylic acids is 1. The van der Waals surface area contributed by atoms with Crippen LogP contribution in [0.4, 0.5) is 18.9 Å². The lowest BCUT2D eigenvalue weighted by atomic mass is 10.0. The number of carboxylic acids is 1.